The third kappa shape index (κ3) is 13.6. The van der Waals surface area contributed by atoms with E-state index in [2.05, 4.69) is 537 Å². The highest BCUT2D eigenvalue weighted by atomic mass is 15.2. The van der Waals surface area contributed by atoms with Crippen LogP contribution in [0.5, 0.6) is 0 Å². The van der Waals surface area contributed by atoms with E-state index >= 15 is 0 Å². The molecule has 0 radical (unpaired) electrons. The van der Waals surface area contributed by atoms with E-state index in [1.54, 1.807) is 0 Å². The first kappa shape index (κ1) is 81.6. The Balaban J connectivity index is 0.000000105. The zero-order valence-electron chi connectivity index (χ0n) is 77.5. The van der Waals surface area contributed by atoms with Gasteiger partial charge in [-0.2, -0.15) is 0 Å². The number of allylic oxidation sites excluding steroid dienone is 4. The van der Waals surface area contributed by atoms with E-state index in [9.17, 15) is 0 Å². The SMILES string of the molecule is C1=C(c2ccccc2)C=C(n2c3ccccc3c3cc(-c4ccc5c(c4)c4ccccc4n5-c4ccc(-c5ccccc5)cc4)ccc32)CC1.c1ccc2c(-c3cc(-n4c5ccccc5c5ccccc54)cc(-n4c5ccccc5c5ccccc54)c3)cccc2c1.c1ccc2cc(-c3nc(-n4c5ccc(-n6c7ccccc7c7ccccc76)cc5c5cc6ccccc6cc54)nc4ccccc34)ccc2c1. The van der Waals surface area contributed by atoms with Crippen LogP contribution in [0.4, 0.5) is 0 Å². The highest BCUT2D eigenvalue weighted by Gasteiger charge is 2.26. The molecule has 0 unspecified atom stereocenters. The van der Waals surface area contributed by atoms with Crippen molar-refractivity contribution in [1.82, 2.24) is 37.4 Å². The summed E-state index contributed by atoms with van der Waals surface area (Å²) in [6.45, 7) is 0. The van der Waals surface area contributed by atoms with E-state index in [-0.39, 0.29) is 0 Å². The predicted octanol–water partition coefficient (Wildman–Crippen LogP) is 35.4. The zero-order valence-corrected chi connectivity index (χ0v) is 77.5. The van der Waals surface area contributed by atoms with Gasteiger partial charge in [0.05, 0.1) is 77.4 Å². The lowest BCUT2D eigenvalue weighted by Gasteiger charge is -2.18. The van der Waals surface area contributed by atoms with Crippen molar-refractivity contribution in [2.24, 2.45) is 0 Å². The summed E-state index contributed by atoms with van der Waals surface area (Å²) in [5.74, 6) is 0.659. The smallest absolute Gasteiger partial charge is 0.235 e. The Hall–Kier alpha value is -18.8. The molecule has 0 amide bonds. The molecule has 0 saturated heterocycles. The average Bonchev–Trinajstić information content (AvgIpc) is 1.57. The van der Waals surface area contributed by atoms with E-state index in [4.69, 9.17) is 9.97 Å². The molecule has 1 aliphatic carbocycles. The van der Waals surface area contributed by atoms with Gasteiger partial charge in [-0.25, -0.2) is 9.97 Å². The lowest BCUT2D eigenvalue weighted by molar-refractivity contribution is 0.982. The van der Waals surface area contributed by atoms with Crippen LogP contribution in [0.25, 0.3) is 259 Å². The lowest BCUT2D eigenvalue weighted by Crippen LogP contribution is -2.03. The van der Waals surface area contributed by atoms with Gasteiger partial charge in [-0.15, -0.1) is 0 Å². The molecule has 0 N–H and O–H groups in total. The highest BCUT2D eigenvalue weighted by molar-refractivity contribution is 6.18. The normalized spacial score (nSPS) is 12.4. The molecule has 0 bridgehead atoms. The maximum absolute atomic E-state index is 5.40. The fraction of sp³-hybridized carbons (Fsp3) is 0.0149. The lowest BCUT2D eigenvalue weighted by atomic mass is 9.97. The second-order valence-electron chi connectivity index (χ2n) is 37.4. The quantitative estimate of drug-likeness (QED) is 0.130. The molecule has 0 atom stereocenters. The Morgan fingerprint density at radius 1 is 0.176 bits per heavy atom. The molecular formula is C134H88N8. The number of rotatable bonds is 11. The molecule has 1 aliphatic rings. The van der Waals surface area contributed by atoms with Crippen LogP contribution < -0.4 is 0 Å². The highest BCUT2D eigenvalue weighted by Crippen LogP contribution is 2.47. The minimum atomic E-state index is 0.659. The van der Waals surface area contributed by atoms with Crippen LogP contribution in [-0.4, -0.2) is 37.4 Å². The summed E-state index contributed by atoms with van der Waals surface area (Å²) < 4.78 is 14.4. The Morgan fingerprint density at radius 3 is 1.09 bits per heavy atom. The van der Waals surface area contributed by atoms with Gasteiger partial charge < -0.3 is 22.8 Å². The van der Waals surface area contributed by atoms with Crippen molar-refractivity contribution in [3.8, 4) is 73.3 Å². The molecule has 22 aromatic carbocycles. The molecule has 0 aliphatic heterocycles. The number of aromatic nitrogens is 8. The van der Waals surface area contributed by atoms with Crippen molar-refractivity contribution >= 4 is 185 Å². The molecular weight excluding hydrogens is 1720 g/mol. The first-order valence-electron chi connectivity index (χ1n) is 49.0. The van der Waals surface area contributed by atoms with Gasteiger partial charge in [0.2, 0.25) is 5.95 Å². The summed E-state index contributed by atoms with van der Waals surface area (Å²) in [6, 6.07) is 180. The van der Waals surface area contributed by atoms with Gasteiger partial charge in [-0.05, 0) is 241 Å². The van der Waals surface area contributed by atoms with E-state index in [1.165, 1.54) is 203 Å². The van der Waals surface area contributed by atoms with Crippen molar-refractivity contribution in [2.45, 2.75) is 12.8 Å². The minimum absolute atomic E-state index is 0.659. The molecule has 0 spiro atoms. The van der Waals surface area contributed by atoms with E-state index < -0.39 is 0 Å². The van der Waals surface area contributed by atoms with Crippen LogP contribution >= 0.6 is 0 Å². The summed E-state index contributed by atoms with van der Waals surface area (Å²) >= 11 is 0. The third-order valence-corrected chi connectivity index (χ3v) is 29.3. The number of benzene rings is 22. The van der Waals surface area contributed by atoms with Crippen molar-refractivity contribution in [2.75, 3.05) is 0 Å². The molecule has 30 rings (SSSR count). The van der Waals surface area contributed by atoms with Crippen LogP contribution in [-0.2, 0) is 0 Å². The van der Waals surface area contributed by atoms with Gasteiger partial charge >= 0.3 is 0 Å². The Bertz CT molecular complexity index is 9960. The van der Waals surface area contributed by atoms with E-state index in [0.717, 1.165) is 68.5 Å². The molecule has 664 valence electrons. The molecule has 8 nitrogen and oxygen atoms in total. The van der Waals surface area contributed by atoms with Gasteiger partial charge in [0.25, 0.3) is 0 Å². The number of fused-ring (bicyclic) bond motifs is 22. The van der Waals surface area contributed by atoms with Crippen LogP contribution in [0, 0.1) is 0 Å². The summed E-state index contributed by atoms with van der Waals surface area (Å²) in [6.07, 6.45) is 6.81. The first-order valence-corrected chi connectivity index (χ1v) is 49.0. The summed E-state index contributed by atoms with van der Waals surface area (Å²) in [4.78, 5) is 10.6. The van der Waals surface area contributed by atoms with E-state index in [0.29, 0.717) is 5.95 Å². The van der Waals surface area contributed by atoms with Crippen LogP contribution in [0.2, 0.25) is 0 Å². The Kier molecular flexibility index (Phi) is 19.3. The fourth-order valence-electron chi connectivity index (χ4n) is 22.9. The van der Waals surface area contributed by atoms with Gasteiger partial charge in [-0.1, -0.05) is 358 Å². The molecule has 29 aromatic rings. The van der Waals surface area contributed by atoms with Crippen molar-refractivity contribution < 1.29 is 0 Å². The zero-order chi connectivity index (χ0) is 93.4. The van der Waals surface area contributed by atoms with Crippen molar-refractivity contribution in [1.29, 1.82) is 0 Å². The summed E-state index contributed by atoms with van der Waals surface area (Å²) in [7, 11) is 0. The largest absolute Gasteiger partial charge is 0.313 e. The molecule has 7 aromatic heterocycles. The van der Waals surface area contributed by atoms with Gasteiger partial charge in [0, 0.05) is 104 Å². The maximum atomic E-state index is 5.40. The second kappa shape index (κ2) is 33.6. The number of nitrogens with zero attached hydrogens (tertiary/aromatic N) is 8. The maximum Gasteiger partial charge on any atom is 0.235 e. The summed E-state index contributed by atoms with van der Waals surface area (Å²) in [5, 5.41) is 23.3. The van der Waals surface area contributed by atoms with Crippen molar-refractivity contribution in [3.05, 3.63) is 515 Å². The standard InChI is InChI=1S/C48H34N2.C46H28N4.C40H26N2/c1-3-12-33(13-4-1)35-22-26-39(27-23-35)49-45-20-9-7-18-41(45)43-31-37(24-28-47(43)49)38-25-29-48-44(32-38)42-19-8-10-21-46(42)50(48)40-17-11-16-36(30-40)34-14-5-2-6-15-34;1-2-12-30-25-33(22-21-29(30)11-1)45-37-17-5-8-18-40(37)47-46(48-45)50-43-24-23-34(28-39(43)38-26-31-13-3-4-14-32(31)27-44(38)50)49-41-19-9-6-15-35(41)36-16-7-10-20-42(36)49;1-2-14-31-27(12-1)13-11-19-32(31)28-24-29(41-37-20-7-3-15-33(37)34-16-4-8-21-38(34)41)26-30(25-28)42-39-22-9-5-17-35(39)36-18-6-10-23-40(36)42/h1-10,12-16,18-32H,11,17H2;1-28H;1-26H. The van der Waals surface area contributed by atoms with Gasteiger partial charge in [0.1, 0.15) is 0 Å². The first-order chi connectivity index (χ1) is 70.4. The average molecular weight is 1810 g/mol. The minimum Gasteiger partial charge on any atom is -0.313 e. The topological polar surface area (TPSA) is 55.4 Å². The van der Waals surface area contributed by atoms with Crippen LogP contribution in [0.1, 0.15) is 18.4 Å². The second-order valence-corrected chi connectivity index (χ2v) is 37.4. The predicted molar refractivity (Wildman–Crippen MR) is 599 cm³/mol. The van der Waals surface area contributed by atoms with Gasteiger partial charge in [0.15, 0.2) is 0 Å². The third-order valence-electron chi connectivity index (χ3n) is 29.3. The Labute approximate surface area is 818 Å². The van der Waals surface area contributed by atoms with Crippen LogP contribution in [0.15, 0.2) is 510 Å². The fourth-order valence-corrected chi connectivity index (χ4v) is 22.9. The monoisotopic (exact) mass is 1810 g/mol. The number of hydrogen-bond donors (Lipinski definition) is 0. The number of para-hydroxylation sites is 9. The Morgan fingerprint density at radius 2 is 0.542 bits per heavy atom. The molecule has 0 fully saturated rings. The number of hydrogen-bond acceptors (Lipinski definition) is 2. The molecule has 0 saturated carbocycles. The van der Waals surface area contributed by atoms with Gasteiger partial charge in [-0.3, -0.25) is 4.57 Å². The molecule has 8 heteroatoms. The van der Waals surface area contributed by atoms with E-state index in [1.807, 2.05) is 0 Å². The van der Waals surface area contributed by atoms with Crippen LogP contribution in [0.3, 0.4) is 0 Å². The molecule has 142 heavy (non-hydrogen) atoms. The van der Waals surface area contributed by atoms with Crippen molar-refractivity contribution in [3.63, 3.8) is 0 Å². The molecule has 7 heterocycles. The summed E-state index contributed by atoms with van der Waals surface area (Å²) in [5.41, 5.74) is 33.1.